The van der Waals surface area contributed by atoms with E-state index in [0.29, 0.717) is 17.0 Å². The number of carbonyl (C=O) groups is 1. The van der Waals surface area contributed by atoms with Crippen LogP contribution in [0.4, 0.5) is 10.5 Å². The van der Waals surface area contributed by atoms with Crippen LogP contribution in [0.25, 0.3) is 10.8 Å². The number of anilines is 1. The molecule has 0 spiro atoms. The third-order valence-corrected chi connectivity index (χ3v) is 6.46. The van der Waals surface area contributed by atoms with E-state index in [9.17, 15) is 9.59 Å². The van der Waals surface area contributed by atoms with Crippen LogP contribution in [-0.2, 0) is 5.54 Å². The van der Waals surface area contributed by atoms with Crippen LogP contribution in [-0.4, -0.2) is 22.5 Å². The van der Waals surface area contributed by atoms with E-state index in [-0.39, 0.29) is 17.1 Å². The minimum absolute atomic E-state index is 0.0637. The maximum atomic E-state index is 13.2. The fraction of sp³-hybridized carbons (Fsp3) is 0.304. The molecule has 2 aliphatic rings. The first-order valence-electron chi connectivity index (χ1n) is 9.94. The number of fused-ring (bicyclic) bond motifs is 2. The standard InChI is InChI=1S/C23H23N3O2/c27-21-20-10-9-19(14-16(20)11-13-24-21)25-22(28)26-15-18-8-4-5-12-23(18,26)17-6-2-1-3-7-17/h1-3,6-7,9-11,13-14,18H,4-5,8,12,15H2,(H,24,27)(H,25,28). The molecule has 1 saturated carbocycles. The van der Waals surface area contributed by atoms with E-state index in [4.69, 9.17) is 0 Å². The number of nitrogens with zero attached hydrogens (tertiary/aromatic N) is 1. The highest BCUT2D eigenvalue weighted by atomic mass is 16.2. The Balaban J connectivity index is 1.44. The lowest BCUT2D eigenvalue weighted by molar-refractivity contribution is -0.0756. The van der Waals surface area contributed by atoms with Crippen LogP contribution in [0.15, 0.2) is 65.6 Å². The third kappa shape index (κ3) is 2.53. The zero-order valence-electron chi connectivity index (χ0n) is 15.7. The number of likely N-dealkylation sites (tertiary alicyclic amines) is 1. The smallest absolute Gasteiger partial charge is 0.322 e. The van der Waals surface area contributed by atoms with Gasteiger partial charge in [0.25, 0.3) is 5.56 Å². The van der Waals surface area contributed by atoms with Crippen molar-refractivity contribution in [2.45, 2.75) is 31.2 Å². The van der Waals surface area contributed by atoms with Crippen molar-refractivity contribution in [3.63, 3.8) is 0 Å². The molecule has 0 radical (unpaired) electrons. The van der Waals surface area contributed by atoms with Crippen molar-refractivity contribution in [3.05, 3.63) is 76.7 Å². The number of rotatable bonds is 2. The molecule has 28 heavy (non-hydrogen) atoms. The second-order valence-corrected chi connectivity index (χ2v) is 7.88. The largest absolute Gasteiger partial charge is 0.329 e. The van der Waals surface area contributed by atoms with Crippen molar-refractivity contribution in [2.24, 2.45) is 5.92 Å². The number of hydrogen-bond acceptors (Lipinski definition) is 2. The van der Waals surface area contributed by atoms with Crippen molar-refractivity contribution in [3.8, 4) is 0 Å². The van der Waals surface area contributed by atoms with Gasteiger partial charge in [-0.2, -0.15) is 0 Å². The lowest BCUT2D eigenvalue weighted by atomic mass is 9.62. The van der Waals surface area contributed by atoms with Crippen LogP contribution >= 0.6 is 0 Å². The SMILES string of the molecule is O=C(Nc1ccc2c(=O)[nH]ccc2c1)N1CC2CCCCC21c1ccccc1. The van der Waals surface area contributed by atoms with Gasteiger partial charge in [0.05, 0.1) is 5.54 Å². The van der Waals surface area contributed by atoms with Crippen LogP contribution < -0.4 is 10.9 Å². The van der Waals surface area contributed by atoms with E-state index in [1.807, 2.05) is 23.1 Å². The van der Waals surface area contributed by atoms with Crippen LogP contribution in [0.5, 0.6) is 0 Å². The summed E-state index contributed by atoms with van der Waals surface area (Å²) in [7, 11) is 0. The third-order valence-electron chi connectivity index (χ3n) is 6.46. The average Bonchev–Trinajstić information content (AvgIpc) is 2.70. The normalized spacial score (nSPS) is 23.7. The van der Waals surface area contributed by atoms with Gasteiger partial charge in [0.2, 0.25) is 0 Å². The number of urea groups is 1. The van der Waals surface area contributed by atoms with Crippen molar-refractivity contribution >= 4 is 22.5 Å². The Bertz CT molecular complexity index is 1090. The Labute approximate surface area is 163 Å². The Morgan fingerprint density at radius 1 is 1.11 bits per heavy atom. The van der Waals surface area contributed by atoms with Gasteiger partial charge in [0.1, 0.15) is 0 Å². The van der Waals surface area contributed by atoms with Gasteiger partial charge in [0.15, 0.2) is 0 Å². The molecule has 2 N–H and O–H groups in total. The number of nitrogens with one attached hydrogen (secondary N) is 2. The van der Waals surface area contributed by atoms with Crippen molar-refractivity contribution in [1.82, 2.24) is 9.88 Å². The molecule has 1 aliphatic heterocycles. The second-order valence-electron chi connectivity index (χ2n) is 7.88. The van der Waals surface area contributed by atoms with E-state index >= 15 is 0 Å². The van der Waals surface area contributed by atoms with Gasteiger partial charge in [-0.15, -0.1) is 0 Å². The van der Waals surface area contributed by atoms with Crippen molar-refractivity contribution in [2.75, 3.05) is 11.9 Å². The van der Waals surface area contributed by atoms with Crippen LogP contribution in [0.2, 0.25) is 0 Å². The summed E-state index contributed by atoms with van der Waals surface area (Å²) in [5.41, 5.74) is 1.65. The Hall–Kier alpha value is -3.08. The molecule has 5 nitrogen and oxygen atoms in total. The van der Waals surface area contributed by atoms with Gasteiger partial charge in [-0.05, 0) is 48.1 Å². The molecule has 2 unspecified atom stereocenters. The Morgan fingerprint density at radius 2 is 1.96 bits per heavy atom. The lowest BCUT2D eigenvalue weighted by Gasteiger charge is -2.61. The molecule has 0 bridgehead atoms. The quantitative estimate of drug-likeness (QED) is 0.696. The van der Waals surface area contributed by atoms with E-state index in [1.54, 1.807) is 18.3 Å². The zero-order valence-corrected chi connectivity index (χ0v) is 15.7. The topological polar surface area (TPSA) is 65.2 Å². The molecule has 1 aromatic heterocycles. The van der Waals surface area contributed by atoms with E-state index < -0.39 is 0 Å². The zero-order chi connectivity index (χ0) is 19.1. The van der Waals surface area contributed by atoms with Crippen molar-refractivity contribution < 1.29 is 4.79 Å². The number of hydrogen-bond donors (Lipinski definition) is 2. The predicted octanol–water partition coefficient (Wildman–Crippen LogP) is 4.46. The molecule has 3 aromatic rings. The summed E-state index contributed by atoms with van der Waals surface area (Å²) in [6.07, 6.45) is 6.21. The summed E-state index contributed by atoms with van der Waals surface area (Å²) >= 11 is 0. The number of amides is 2. The fourth-order valence-electron chi connectivity index (χ4n) is 5.08. The predicted molar refractivity (Wildman–Crippen MR) is 110 cm³/mol. The monoisotopic (exact) mass is 373 g/mol. The first-order chi connectivity index (χ1) is 13.7. The van der Waals surface area contributed by atoms with Crippen LogP contribution in [0.3, 0.4) is 0 Å². The molecule has 2 heterocycles. The number of benzene rings is 2. The molecule has 2 aromatic carbocycles. The first kappa shape index (κ1) is 17.0. The Morgan fingerprint density at radius 3 is 2.79 bits per heavy atom. The van der Waals surface area contributed by atoms with Gasteiger partial charge in [-0.25, -0.2) is 4.79 Å². The van der Waals surface area contributed by atoms with Gasteiger partial charge in [0, 0.05) is 29.7 Å². The number of carbonyl (C=O) groups excluding carboxylic acids is 1. The minimum Gasteiger partial charge on any atom is -0.329 e. The lowest BCUT2D eigenvalue weighted by Crippen LogP contribution is -2.68. The fourth-order valence-corrected chi connectivity index (χ4v) is 5.08. The van der Waals surface area contributed by atoms with Crippen LogP contribution in [0.1, 0.15) is 31.2 Å². The summed E-state index contributed by atoms with van der Waals surface area (Å²) in [4.78, 5) is 29.7. The van der Waals surface area contributed by atoms with Gasteiger partial charge >= 0.3 is 6.03 Å². The summed E-state index contributed by atoms with van der Waals surface area (Å²) < 4.78 is 0. The molecule has 1 saturated heterocycles. The average molecular weight is 373 g/mol. The molecule has 142 valence electrons. The van der Waals surface area contributed by atoms with E-state index in [2.05, 4.69) is 34.6 Å². The van der Waals surface area contributed by atoms with Gasteiger partial charge in [-0.1, -0.05) is 43.2 Å². The molecule has 2 fully saturated rings. The molecule has 5 rings (SSSR count). The highest BCUT2D eigenvalue weighted by Gasteiger charge is 2.57. The maximum absolute atomic E-state index is 13.2. The number of aromatic amines is 1. The van der Waals surface area contributed by atoms with E-state index in [1.165, 1.54) is 18.4 Å². The minimum atomic E-state index is -0.183. The molecular weight excluding hydrogens is 350 g/mol. The van der Waals surface area contributed by atoms with Gasteiger partial charge < -0.3 is 15.2 Å². The Kier molecular flexibility index (Phi) is 3.97. The summed E-state index contributed by atoms with van der Waals surface area (Å²) in [6, 6.07) is 17.6. The molecule has 2 amide bonds. The summed E-state index contributed by atoms with van der Waals surface area (Å²) in [6.45, 7) is 0.800. The highest BCUT2D eigenvalue weighted by Crippen LogP contribution is 2.53. The van der Waals surface area contributed by atoms with Crippen LogP contribution in [0, 0.1) is 5.92 Å². The first-order valence-corrected chi connectivity index (χ1v) is 9.94. The summed E-state index contributed by atoms with van der Waals surface area (Å²) in [5, 5.41) is 4.50. The van der Waals surface area contributed by atoms with Gasteiger partial charge in [-0.3, -0.25) is 4.79 Å². The molecule has 5 heteroatoms. The maximum Gasteiger partial charge on any atom is 0.322 e. The number of pyridine rings is 1. The summed E-state index contributed by atoms with van der Waals surface area (Å²) in [5.74, 6) is 0.532. The molecular formula is C23H23N3O2. The second kappa shape index (κ2) is 6.51. The van der Waals surface area contributed by atoms with Crippen molar-refractivity contribution in [1.29, 1.82) is 0 Å². The van der Waals surface area contributed by atoms with E-state index in [0.717, 1.165) is 24.8 Å². The molecule has 1 aliphatic carbocycles. The number of H-pyrrole nitrogens is 1. The molecule has 2 atom stereocenters. The number of aromatic nitrogens is 1. The highest BCUT2D eigenvalue weighted by molar-refractivity contribution is 5.94.